The third-order valence-electron chi connectivity index (χ3n) is 5.40. The first-order valence-corrected chi connectivity index (χ1v) is 7.30. The maximum absolute atomic E-state index is 6.12. The van der Waals surface area contributed by atoms with Gasteiger partial charge in [-0.1, -0.05) is 19.3 Å². The van der Waals surface area contributed by atoms with Crippen LogP contribution in [-0.4, -0.2) is 30.1 Å². The van der Waals surface area contributed by atoms with Gasteiger partial charge < -0.3 is 5.73 Å². The van der Waals surface area contributed by atoms with Gasteiger partial charge in [-0.2, -0.15) is 0 Å². The fraction of sp³-hybridized carbons (Fsp3) is 1.00. The smallest absolute Gasteiger partial charge is 0.0168 e. The van der Waals surface area contributed by atoms with Crippen molar-refractivity contribution in [2.45, 2.75) is 69.9 Å². The van der Waals surface area contributed by atoms with E-state index in [0.29, 0.717) is 6.04 Å². The number of likely N-dealkylation sites (tertiary alicyclic amines) is 1. The second-order valence-electron chi connectivity index (χ2n) is 6.37. The van der Waals surface area contributed by atoms with Crippen molar-refractivity contribution in [3.63, 3.8) is 0 Å². The van der Waals surface area contributed by atoms with Gasteiger partial charge in [-0.25, -0.2) is 0 Å². The van der Waals surface area contributed by atoms with Crippen LogP contribution in [0.5, 0.6) is 0 Å². The molecule has 0 amide bonds. The number of nitrogens with zero attached hydrogens (tertiary/aromatic N) is 1. The minimum absolute atomic E-state index is 0.454. The lowest BCUT2D eigenvalue weighted by Gasteiger charge is -2.57. The predicted molar refractivity (Wildman–Crippen MR) is 67.3 cm³/mol. The highest BCUT2D eigenvalue weighted by Crippen LogP contribution is 2.54. The van der Waals surface area contributed by atoms with Crippen LogP contribution in [0.4, 0.5) is 0 Å². The Morgan fingerprint density at radius 1 is 0.938 bits per heavy atom. The first-order chi connectivity index (χ1) is 7.80. The second-order valence-corrected chi connectivity index (χ2v) is 6.37. The van der Waals surface area contributed by atoms with Gasteiger partial charge >= 0.3 is 0 Å². The summed E-state index contributed by atoms with van der Waals surface area (Å²) in [4.78, 5) is 2.74. The lowest BCUT2D eigenvalue weighted by Crippen LogP contribution is -2.59. The first kappa shape index (κ1) is 11.0. The van der Waals surface area contributed by atoms with E-state index in [1.165, 1.54) is 70.9 Å². The molecule has 3 rings (SSSR count). The normalized spacial score (nSPS) is 39.6. The molecule has 16 heavy (non-hydrogen) atoms. The molecule has 0 bridgehead atoms. The molecule has 2 aliphatic carbocycles. The van der Waals surface area contributed by atoms with Crippen LogP contribution in [0.25, 0.3) is 0 Å². The molecule has 92 valence electrons. The van der Waals surface area contributed by atoms with E-state index in [4.69, 9.17) is 5.73 Å². The van der Waals surface area contributed by atoms with Crippen molar-refractivity contribution in [1.29, 1.82) is 0 Å². The Balaban J connectivity index is 1.65. The lowest BCUT2D eigenvalue weighted by atomic mass is 9.56. The van der Waals surface area contributed by atoms with E-state index in [9.17, 15) is 0 Å². The van der Waals surface area contributed by atoms with Crippen molar-refractivity contribution < 1.29 is 0 Å². The molecule has 2 unspecified atom stereocenters. The van der Waals surface area contributed by atoms with E-state index in [-0.39, 0.29) is 0 Å². The van der Waals surface area contributed by atoms with E-state index in [1.807, 2.05) is 0 Å². The molecular formula is C14H26N2. The average Bonchev–Trinajstić information content (AvgIpc) is 2.29. The summed E-state index contributed by atoms with van der Waals surface area (Å²) in [5, 5.41) is 0. The van der Waals surface area contributed by atoms with Crippen LogP contribution < -0.4 is 5.73 Å². The molecule has 2 saturated carbocycles. The Morgan fingerprint density at radius 3 is 2.38 bits per heavy atom. The molecule has 2 N–H and O–H groups in total. The van der Waals surface area contributed by atoms with Gasteiger partial charge in [0.2, 0.25) is 0 Å². The molecule has 0 aromatic carbocycles. The zero-order valence-electron chi connectivity index (χ0n) is 10.5. The highest BCUT2D eigenvalue weighted by atomic mass is 15.2. The van der Waals surface area contributed by atoms with Crippen molar-refractivity contribution in [1.82, 2.24) is 4.90 Å². The largest absolute Gasteiger partial charge is 0.327 e. The van der Waals surface area contributed by atoms with E-state index in [2.05, 4.69) is 4.90 Å². The summed E-state index contributed by atoms with van der Waals surface area (Å²) in [7, 11) is 0. The van der Waals surface area contributed by atoms with Crippen molar-refractivity contribution in [2.24, 2.45) is 11.1 Å². The fourth-order valence-electron chi connectivity index (χ4n) is 4.41. The van der Waals surface area contributed by atoms with Crippen molar-refractivity contribution in [3.8, 4) is 0 Å². The molecule has 2 heteroatoms. The molecule has 3 fully saturated rings. The van der Waals surface area contributed by atoms with Crippen molar-refractivity contribution in [2.75, 3.05) is 13.1 Å². The molecule has 3 aliphatic rings. The molecule has 0 aromatic rings. The standard InChI is InChI=1S/C14H26N2/c15-12-5-4-10-16(11-12)13-6-9-14(13)7-2-1-3-8-14/h12-13H,1-11,15H2. The van der Waals surface area contributed by atoms with Crippen molar-refractivity contribution >= 4 is 0 Å². The van der Waals surface area contributed by atoms with Gasteiger partial charge in [0.05, 0.1) is 0 Å². The molecular weight excluding hydrogens is 196 g/mol. The quantitative estimate of drug-likeness (QED) is 0.738. The molecule has 0 radical (unpaired) electrons. The van der Waals surface area contributed by atoms with Gasteiger partial charge in [0.15, 0.2) is 0 Å². The highest BCUT2D eigenvalue weighted by Gasteiger charge is 2.49. The van der Waals surface area contributed by atoms with E-state index in [0.717, 1.165) is 11.5 Å². The van der Waals surface area contributed by atoms with Gasteiger partial charge in [0.25, 0.3) is 0 Å². The third-order valence-corrected chi connectivity index (χ3v) is 5.40. The Labute approximate surface area is 99.6 Å². The van der Waals surface area contributed by atoms with Gasteiger partial charge in [-0.3, -0.25) is 4.90 Å². The first-order valence-electron chi connectivity index (χ1n) is 7.30. The summed E-state index contributed by atoms with van der Waals surface area (Å²) < 4.78 is 0. The van der Waals surface area contributed by atoms with Crippen LogP contribution in [0, 0.1) is 5.41 Å². The summed E-state index contributed by atoms with van der Waals surface area (Å²) >= 11 is 0. The van der Waals surface area contributed by atoms with Crippen LogP contribution in [0.15, 0.2) is 0 Å². The van der Waals surface area contributed by atoms with Crippen molar-refractivity contribution in [3.05, 3.63) is 0 Å². The number of rotatable bonds is 1. The molecule has 1 heterocycles. The summed E-state index contributed by atoms with van der Waals surface area (Å²) in [6, 6.07) is 1.36. The van der Waals surface area contributed by atoms with E-state index < -0.39 is 0 Å². The van der Waals surface area contributed by atoms with Gasteiger partial charge in [0.1, 0.15) is 0 Å². The predicted octanol–water partition coefficient (Wildman–Crippen LogP) is 2.52. The van der Waals surface area contributed by atoms with Crippen LogP contribution in [-0.2, 0) is 0 Å². The van der Waals surface area contributed by atoms with E-state index in [1.54, 1.807) is 0 Å². The SMILES string of the molecule is NC1CCCN(C2CCC23CCCCC3)C1. The van der Waals surface area contributed by atoms with Crippen LogP contribution >= 0.6 is 0 Å². The van der Waals surface area contributed by atoms with Gasteiger partial charge in [-0.15, -0.1) is 0 Å². The molecule has 1 aliphatic heterocycles. The second kappa shape index (κ2) is 4.30. The van der Waals surface area contributed by atoms with Crippen LogP contribution in [0.3, 0.4) is 0 Å². The number of nitrogens with two attached hydrogens (primary N) is 1. The number of piperidine rings is 1. The molecule has 0 aromatic heterocycles. The Morgan fingerprint density at radius 2 is 1.75 bits per heavy atom. The zero-order valence-corrected chi connectivity index (χ0v) is 10.5. The highest BCUT2D eigenvalue weighted by molar-refractivity contribution is 5.03. The minimum Gasteiger partial charge on any atom is -0.327 e. The maximum Gasteiger partial charge on any atom is 0.0168 e. The van der Waals surface area contributed by atoms with Gasteiger partial charge in [0, 0.05) is 18.6 Å². The van der Waals surface area contributed by atoms with Crippen LogP contribution in [0.1, 0.15) is 57.8 Å². The lowest BCUT2D eigenvalue weighted by molar-refractivity contribution is -0.0617. The topological polar surface area (TPSA) is 29.3 Å². The molecule has 1 saturated heterocycles. The summed E-state index contributed by atoms with van der Waals surface area (Å²) in [6.45, 7) is 2.49. The summed E-state index contributed by atoms with van der Waals surface area (Å²) in [6.07, 6.45) is 13.0. The molecule has 1 spiro atoms. The Hall–Kier alpha value is -0.0800. The number of hydrogen-bond donors (Lipinski definition) is 1. The van der Waals surface area contributed by atoms with E-state index >= 15 is 0 Å². The average molecular weight is 222 g/mol. The maximum atomic E-state index is 6.12. The minimum atomic E-state index is 0.454. The third kappa shape index (κ3) is 1.80. The zero-order chi connectivity index (χ0) is 11.0. The number of hydrogen-bond acceptors (Lipinski definition) is 2. The summed E-state index contributed by atoms with van der Waals surface area (Å²) in [5.74, 6) is 0. The summed E-state index contributed by atoms with van der Waals surface area (Å²) in [5.41, 5.74) is 6.85. The monoisotopic (exact) mass is 222 g/mol. The van der Waals surface area contributed by atoms with Crippen LogP contribution in [0.2, 0.25) is 0 Å². The Kier molecular flexibility index (Phi) is 2.97. The van der Waals surface area contributed by atoms with Gasteiger partial charge in [-0.05, 0) is 50.5 Å². The molecule has 2 atom stereocenters. The Bertz CT molecular complexity index is 245. The fourth-order valence-corrected chi connectivity index (χ4v) is 4.41. The molecule has 2 nitrogen and oxygen atoms in total.